The Morgan fingerprint density at radius 2 is 2.39 bits per heavy atom. The van der Waals surface area contributed by atoms with E-state index >= 15 is 0 Å². The summed E-state index contributed by atoms with van der Waals surface area (Å²) in [6, 6.07) is 0. The number of hydrogen-bond donors (Lipinski definition) is 2. The van der Waals surface area contributed by atoms with Crippen LogP contribution in [0, 0.1) is 11.3 Å². The number of piperidine rings is 1. The Kier molecular flexibility index (Phi) is 3.32. The van der Waals surface area contributed by atoms with E-state index in [1.165, 1.54) is 12.8 Å². The van der Waals surface area contributed by atoms with Gasteiger partial charge >= 0.3 is 0 Å². The molecule has 0 aromatic rings. The van der Waals surface area contributed by atoms with E-state index < -0.39 is 0 Å². The molecule has 0 saturated carbocycles. The van der Waals surface area contributed by atoms with Crippen LogP contribution in [0.2, 0.25) is 0 Å². The van der Waals surface area contributed by atoms with E-state index in [1.807, 2.05) is 0 Å². The lowest BCUT2D eigenvalue weighted by atomic mass is 9.81. The standard InChI is InChI=1S/C14H24N2O2/c1-14(5-2-6-15-9-14)13(17)16-8-10-7-11-3-4-12(10)18-11/h10-12,15H,2-9H2,1H3,(H,16,17). The van der Waals surface area contributed by atoms with Crippen LogP contribution in [0.25, 0.3) is 0 Å². The zero-order valence-corrected chi connectivity index (χ0v) is 11.2. The average Bonchev–Trinajstić information content (AvgIpc) is 2.99. The number of ether oxygens (including phenoxy) is 1. The highest BCUT2D eigenvalue weighted by molar-refractivity contribution is 5.82. The molecule has 3 fully saturated rings. The van der Waals surface area contributed by atoms with Crippen molar-refractivity contribution in [2.24, 2.45) is 11.3 Å². The van der Waals surface area contributed by atoms with Crippen LogP contribution in [0.5, 0.6) is 0 Å². The van der Waals surface area contributed by atoms with Crippen molar-refractivity contribution in [1.29, 1.82) is 0 Å². The molecule has 0 aliphatic carbocycles. The molecular formula is C14H24N2O2. The Labute approximate surface area is 109 Å². The zero-order valence-electron chi connectivity index (χ0n) is 11.2. The molecule has 0 aromatic heterocycles. The van der Waals surface area contributed by atoms with Crippen molar-refractivity contribution >= 4 is 5.91 Å². The van der Waals surface area contributed by atoms with Crippen molar-refractivity contribution in [1.82, 2.24) is 10.6 Å². The van der Waals surface area contributed by atoms with E-state index in [2.05, 4.69) is 17.6 Å². The summed E-state index contributed by atoms with van der Waals surface area (Å²) in [5, 5.41) is 6.49. The lowest BCUT2D eigenvalue weighted by Crippen LogP contribution is -2.49. The maximum Gasteiger partial charge on any atom is 0.227 e. The van der Waals surface area contributed by atoms with E-state index in [1.54, 1.807) is 0 Å². The van der Waals surface area contributed by atoms with E-state index in [0.29, 0.717) is 18.1 Å². The highest BCUT2D eigenvalue weighted by atomic mass is 16.5. The van der Waals surface area contributed by atoms with Crippen LogP contribution in [-0.4, -0.2) is 37.7 Å². The van der Waals surface area contributed by atoms with E-state index in [9.17, 15) is 4.79 Å². The first-order valence-electron chi connectivity index (χ1n) is 7.32. The second kappa shape index (κ2) is 4.82. The first-order chi connectivity index (χ1) is 8.67. The third-order valence-electron chi connectivity index (χ3n) is 4.90. The quantitative estimate of drug-likeness (QED) is 0.789. The van der Waals surface area contributed by atoms with Crippen LogP contribution in [0.4, 0.5) is 0 Å². The fourth-order valence-electron chi connectivity index (χ4n) is 3.65. The molecule has 0 spiro atoms. The average molecular weight is 252 g/mol. The molecule has 3 heterocycles. The number of hydrogen-bond acceptors (Lipinski definition) is 3. The maximum atomic E-state index is 12.3. The molecule has 4 heteroatoms. The zero-order chi connectivity index (χ0) is 12.6. The number of amides is 1. The minimum atomic E-state index is -0.212. The molecule has 3 rings (SSSR count). The fourth-order valence-corrected chi connectivity index (χ4v) is 3.65. The van der Waals surface area contributed by atoms with Crippen LogP contribution in [0.1, 0.15) is 39.0 Å². The number of fused-ring (bicyclic) bond motifs is 2. The Balaban J connectivity index is 1.49. The molecule has 4 atom stereocenters. The van der Waals surface area contributed by atoms with Crippen LogP contribution in [-0.2, 0) is 9.53 Å². The molecule has 4 nitrogen and oxygen atoms in total. The summed E-state index contributed by atoms with van der Waals surface area (Å²) in [5.74, 6) is 0.769. The van der Waals surface area contributed by atoms with Gasteiger partial charge in [0.2, 0.25) is 5.91 Å². The summed E-state index contributed by atoms with van der Waals surface area (Å²) >= 11 is 0. The smallest absolute Gasteiger partial charge is 0.227 e. The Morgan fingerprint density at radius 3 is 3.00 bits per heavy atom. The molecule has 2 N–H and O–H groups in total. The Hall–Kier alpha value is -0.610. The molecule has 0 radical (unpaired) electrons. The molecular weight excluding hydrogens is 228 g/mol. The molecule has 1 amide bonds. The van der Waals surface area contributed by atoms with Gasteiger partial charge in [-0.2, -0.15) is 0 Å². The van der Waals surface area contributed by atoms with Gasteiger partial charge in [-0.25, -0.2) is 0 Å². The van der Waals surface area contributed by atoms with Gasteiger partial charge < -0.3 is 15.4 Å². The van der Waals surface area contributed by atoms with Gasteiger partial charge in [0, 0.05) is 19.0 Å². The first-order valence-corrected chi connectivity index (χ1v) is 7.32. The number of carbonyl (C=O) groups is 1. The van der Waals surface area contributed by atoms with Crippen LogP contribution in [0.3, 0.4) is 0 Å². The topological polar surface area (TPSA) is 50.4 Å². The summed E-state index contributed by atoms with van der Waals surface area (Å²) < 4.78 is 5.82. The highest BCUT2D eigenvalue weighted by Gasteiger charge is 2.41. The lowest BCUT2D eigenvalue weighted by molar-refractivity contribution is -0.131. The summed E-state index contributed by atoms with van der Waals surface area (Å²) in [5.41, 5.74) is -0.212. The molecule has 3 aliphatic rings. The van der Waals surface area contributed by atoms with Gasteiger partial charge in [-0.3, -0.25) is 4.79 Å². The monoisotopic (exact) mass is 252 g/mol. The SMILES string of the molecule is CC1(C(=O)NCC2CC3CCC2O3)CCCNC1. The number of carbonyl (C=O) groups excluding carboxylic acids is 1. The van der Waals surface area contributed by atoms with Crippen molar-refractivity contribution in [3.05, 3.63) is 0 Å². The van der Waals surface area contributed by atoms with Gasteiger partial charge in [0.15, 0.2) is 0 Å². The molecule has 18 heavy (non-hydrogen) atoms. The molecule has 3 aliphatic heterocycles. The Bertz CT molecular complexity index is 326. The van der Waals surface area contributed by atoms with Gasteiger partial charge in [0.05, 0.1) is 17.6 Å². The summed E-state index contributed by atoms with van der Waals surface area (Å²) in [6.07, 6.45) is 6.53. The number of nitrogens with one attached hydrogen (secondary N) is 2. The van der Waals surface area contributed by atoms with Gasteiger partial charge in [-0.05, 0) is 45.6 Å². The van der Waals surface area contributed by atoms with Crippen molar-refractivity contribution in [3.63, 3.8) is 0 Å². The first kappa shape index (κ1) is 12.4. The van der Waals surface area contributed by atoms with E-state index in [0.717, 1.165) is 38.9 Å². The highest BCUT2D eigenvalue weighted by Crippen LogP contribution is 2.38. The molecule has 3 saturated heterocycles. The van der Waals surface area contributed by atoms with Crippen LogP contribution in [0.15, 0.2) is 0 Å². The van der Waals surface area contributed by atoms with E-state index in [4.69, 9.17) is 4.74 Å². The lowest BCUT2D eigenvalue weighted by Gasteiger charge is -2.33. The van der Waals surface area contributed by atoms with Gasteiger partial charge in [0.25, 0.3) is 0 Å². The largest absolute Gasteiger partial charge is 0.375 e. The Morgan fingerprint density at radius 1 is 1.50 bits per heavy atom. The summed E-state index contributed by atoms with van der Waals surface area (Å²) in [7, 11) is 0. The van der Waals surface area contributed by atoms with Crippen molar-refractivity contribution in [2.75, 3.05) is 19.6 Å². The van der Waals surface area contributed by atoms with Gasteiger partial charge in [-0.15, -0.1) is 0 Å². The molecule has 0 aromatic carbocycles. The minimum absolute atomic E-state index is 0.212. The molecule has 102 valence electrons. The van der Waals surface area contributed by atoms with E-state index in [-0.39, 0.29) is 11.3 Å². The summed E-state index contributed by atoms with van der Waals surface area (Å²) in [4.78, 5) is 12.3. The molecule has 2 bridgehead atoms. The third-order valence-corrected chi connectivity index (χ3v) is 4.90. The van der Waals surface area contributed by atoms with Crippen molar-refractivity contribution in [2.45, 2.75) is 51.2 Å². The normalized spacial score (nSPS) is 43.1. The second-order valence-electron chi connectivity index (χ2n) is 6.42. The third kappa shape index (κ3) is 2.28. The van der Waals surface area contributed by atoms with Crippen LogP contribution < -0.4 is 10.6 Å². The predicted octanol–water partition coefficient (Wildman–Crippen LogP) is 1.06. The maximum absolute atomic E-state index is 12.3. The second-order valence-corrected chi connectivity index (χ2v) is 6.42. The summed E-state index contributed by atoms with van der Waals surface area (Å²) in [6.45, 7) is 4.73. The van der Waals surface area contributed by atoms with Crippen LogP contribution >= 0.6 is 0 Å². The minimum Gasteiger partial charge on any atom is -0.375 e. The molecule has 4 unspecified atom stereocenters. The number of rotatable bonds is 3. The van der Waals surface area contributed by atoms with Gasteiger partial charge in [-0.1, -0.05) is 0 Å². The van der Waals surface area contributed by atoms with Gasteiger partial charge in [0.1, 0.15) is 0 Å². The van der Waals surface area contributed by atoms with Crippen molar-refractivity contribution < 1.29 is 9.53 Å². The van der Waals surface area contributed by atoms with Crippen molar-refractivity contribution in [3.8, 4) is 0 Å². The predicted molar refractivity (Wildman–Crippen MR) is 69.2 cm³/mol. The fraction of sp³-hybridized carbons (Fsp3) is 0.929.